The van der Waals surface area contributed by atoms with E-state index in [2.05, 4.69) is 10.4 Å². The Morgan fingerprint density at radius 3 is 2.83 bits per heavy atom. The van der Waals surface area contributed by atoms with E-state index in [1.165, 1.54) is 18.2 Å². The van der Waals surface area contributed by atoms with Crippen molar-refractivity contribution in [1.29, 1.82) is 5.26 Å². The minimum absolute atomic E-state index is 0.153. The second-order valence-electron chi connectivity index (χ2n) is 6.13. The normalized spacial score (nSPS) is 11.7. The number of fused-ring (bicyclic) bond motifs is 1. The highest BCUT2D eigenvalue weighted by Crippen LogP contribution is 2.35. The van der Waals surface area contributed by atoms with Gasteiger partial charge in [-0.05, 0) is 42.5 Å². The van der Waals surface area contributed by atoms with Gasteiger partial charge in [0.05, 0.1) is 16.9 Å². The fraction of sp³-hybridized carbons (Fsp3) is 0.100. The molecule has 1 aliphatic rings. The summed E-state index contributed by atoms with van der Waals surface area (Å²) >= 11 is 5.92. The van der Waals surface area contributed by atoms with Crippen LogP contribution in [0.1, 0.15) is 5.56 Å². The molecule has 1 aliphatic heterocycles. The van der Waals surface area contributed by atoms with Crippen LogP contribution in [0, 0.1) is 11.3 Å². The van der Waals surface area contributed by atoms with Gasteiger partial charge in [-0.25, -0.2) is 4.68 Å². The molecule has 0 aliphatic carbocycles. The van der Waals surface area contributed by atoms with E-state index in [4.69, 9.17) is 26.3 Å². The van der Waals surface area contributed by atoms with E-state index in [1.54, 1.807) is 30.3 Å². The van der Waals surface area contributed by atoms with Crippen molar-refractivity contribution in [3.8, 4) is 28.8 Å². The fourth-order valence-corrected chi connectivity index (χ4v) is 2.99. The summed E-state index contributed by atoms with van der Waals surface area (Å²) in [5, 5.41) is 16.4. The Labute approximate surface area is 169 Å². The van der Waals surface area contributed by atoms with Crippen molar-refractivity contribution in [2.75, 3.05) is 12.1 Å². The van der Waals surface area contributed by atoms with E-state index < -0.39 is 11.5 Å². The maximum absolute atomic E-state index is 12.4. The zero-order valence-electron chi connectivity index (χ0n) is 14.9. The van der Waals surface area contributed by atoms with Gasteiger partial charge in [0, 0.05) is 16.7 Å². The summed E-state index contributed by atoms with van der Waals surface area (Å²) in [5.74, 6) is 0.710. The summed E-state index contributed by atoms with van der Waals surface area (Å²) < 4.78 is 11.7. The second-order valence-corrected chi connectivity index (χ2v) is 6.57. The van der Waals surface area contributed by atoms with Gasteiger partial charge in [0.15, 0.2) is 11.5 Å². The van der Waals surface area contributed by atoms with Crippen molar-refractivity contribution in [2.24, 2.45) is 0 Å². The van der Waals surface area contributed by atoms with Gasteiger partial charge in [0.2, 0.25) is 12.7 Å². The highest BCUT2D eigenvalue weighted by atomic mass is 35.5. The highest BCUT2D eigenvalue weighted by molar-refractivity contribution is 6.31. The number of carbonyl (C=O) groups excluding carboxylic acids is 1. The summed E-state index contributed by atoms with van der Waals surface area (Å²) in [5.41, 5.74) is 1.31. The van der Waals surface area contributed by atoms with Crippen LogP contribution in [0.15, 0.2) is 53.3 Å². The summed E-state index contributed by atoms with van der Waals surface area (Å²) in [4.78, 5) is 24.6. The van der Waals surface area contributed by atoms with E-state index in [-0.39, 0.29) is 24.6 Å². The zero-order chi connectivity index (χ0) is 20.4. The molecule has 3 aromatic rings. The molecule has 2 aromatic carbocycles. The lowest BCUT2D eigenvalue weighted by Crippen LogP contribution is -2.29. The van der Waals surface area contributed by atoms with Crippen LogP contribution in [0.2, 0.25) is 5.02 Å². The topological polar surface area (TPSA) is 106 Å². The number of benzene rings is 2. The molecule has 2 heterocycles. The standard InChI is InChI=1S/C20H13ClN4O4/c21-14-3-1-13(9-22)16(8-14)23-19(26)10-25-20(27)6-4-15(24-25)12-2-5-17-18(7-12)29-11-28-17/h1-8H,10-11H2,(H,23,26). The molecule has 1 aromatic heterocycles. The first kappa shape index (κ1) is 18.5. The fourth-order valence-electron chi connectivity index (χ4n) is 2.82. The predicted octanol–water partition coefficient (Wildman–Crippen LogP) is 2.80. The number of aromatic nitrogens is 2. The van der Waals surface area contributed by atoms with Gasteiger partial charge in [-0.15, -0.1) is 0 Å². The second kappa shape index (κ2) is 7.66. The first-order valence-electron chi connectivity index (χ1n) is 8.51. The number of rotatable bonds is 4. The van der Waals surface area contributed by atoms with Crippen molar-refractivity contribution in [3.63, 3.8) is 0 Å². The monoisotopic (exact) mass is 408 g/mol. The molecule has 1 amide bonds. The molecule has 144 valence electrons. The third kappa shape index (κ3) is 3.90. The summed E-state index contributed by atoms with van der Waals surface area (Å²) in [6.07, 6.45) is 0. The van der Waals surface area contributed by atoms with Crippen LogP contribution in [0.3, 0.4) is 0 Å². The Morgan fingerprint density at radius 2 is 2.00 bits per heavy atom. The first-order chi connectivity index (χ1) is 14.0. The lowest BCUT2D eigenvalue weighted by molar-refractivity contribution is -0.117. The van der Waals surface area contributed by atoms with Gasteiger partial charge < -0.3 is 14.8 Å². The largest absolute Gasteiger partial charge is 0.454 e. The van der Waals surface area contributed by atoms with Crippen LogP contribution < -0.4 is 20.3 Å². The molecule has 1 N–H and O–H groups in total. The smallest absolute Gasteiger partial charge is 0.267 e. The molecule has 4 rings (SSSR count). The summed E-state index contributed by atoms with van der Waals surface area (Å²) in [6.45, 7) is -0.172. The lowest BCUT2D eigenvalue weighted by atomic mass is 10.1. The molecule has 0 atom stereocenters. The first-order valence-corrected chi connectivity index (χ1v) is 8.89. The third-order valence-electron chi connectivity index (χ3n) is 4.20. The predicted molar refractivity (Wildman–Crippen MR) is 105 cm³/mol. The van der Waals surface area contributed by atoms with Crippen LogP contribution in [0.4, 0.5) is 5.69 Å². The molecule has 0 spiro atoms. The number of hydrogen-bond donors (Lipinski definition) is 1. The third-order valence-corrected chi connectivity index (χ3v) is 4.44. The summed E-state index contributed by atoms with van der Waals surface area (Å²) in [6, 6.07) is 14.7. The van der Waals surface area contributed by atoms with Crippen molar-refractivity contribution in [1.82, 2.24) is 9.78 Å². The maximum atomic E-state index is 12.4. The number of anilines is 1. The SMILES string of the molecule is N#Cc1ccc(Cl)cc1NC(=O)Cn1nc(-c2ccc3c(c2)OCO3)ccc1=O. The van der Waals surface area contributed by atoms with Crippen LogP contribution in [0.25, 0.3) is 11.3 Å². The number of nitriles is 1. The van der Waals surface area contributed by atoms with Crippen molar-refractivity contribution in [2.45, 2.75) is 6.54 Å². The van der Waals surface area contributed by atoms with Crippen molar-refractivity contribution >= 4 is 23.2 Å². The Hall–Kier alpha value is -3.83. The maximum Gasteiger partial charge on any atom is 0.267 e. The minimum atomic E-state index is -0.513. The van der Waals surface area contributed by atoms with E-state index in [0.29, 0.717) is 27.8 Å². The van der Waals surface area contributed by atoms with E-state index in [9.17, 15) is 9.59 Å². The van der Waals surface area contributed by atoms with Gasteiger partial charge in [0.1, 0.15) is 12.6 Å². The number of ether oxygens (including phenoxy) is 2. The molecule has 9 heteroatoms. The number of carbonyl (C=O) groups is 1. The Kier molecular flexibility index (Phi) is 4.89. The average Bonchev–Trinajstić information content (AvgIpc) is 3.17. The highest BCUT2D eigenvalue weighted by Gasteiger charge is 2.15. The Balaban J connectivity index is 1.57. The molecule has 0 saturated carbocycles. The average molecular weight is 409 g/mol. The van der Waals surface area contributed by atoms with Crippen LogP contribution >= 0.6 is 11.6 Å². The van der Waals surface area contributed by atoms with Crippen LogP contribution in [-0.4, -0.2) is 22.5 Å². The van der Waals surface area contributed by atoms with Gasteiger partial charge in [-0.3, -0.25) is 9.59 Å². The van der Waals surface area contributed by atoms with Gasteiger partial charge >= 0.3 is 0 Å². The molecule has 0 saturated heterocycles. The van der Waals surface area contributed by atoms with Gasteiger partial charge in [-0.1, -0.05) is 11.6 Å². The molecule has 29 heavy (non-hydrogen) atoms. The van der Waals surface area contributed by atoms with Crippen molar-refractivity contribution in [3.05, 3.63) is 69.5 Å². The number of nitrogens with one attached hydrogen (secondary N) is 1. The number of amides is 1. The Bertz CT molecular complexity index is 1220. The van der Waals surface area contributed by atoms with Crippen LogP contribution in [-0.2, 0) is 11.3 Å². The van der Waals surface area contributed by atoms with E-state index in [1.807, 2.05) is 6.07 Å². The molecular weight excluding hydrogens is 396 g/mol. The molecule has 0 radical (unpaired) electrons. The van der Waals surface area contributed by atoms with E-state index in [0.717, 1.165) is 4.68 Å². The summed E-state index contributed by atoms with van der Waals surface area (Å²) in [7, 11) is 0. The molecule has 8 nitrogen and oxygen atoms in total. The van der Waals surface area contributed by atoms with Gasteiger partial charge in [-0.2, -0.15) is 10.4 Å². The van der Waals surface area contributed by atoms with Crippen molar-refractivity contribution < 1.29 is 14.3 Å². The van der Waals surface area contributed by atoms with E-state index >= 15 is 0 Å². The minimum Gasteiger partial charge on any atom is -0.454 e. The number of hydrogen-bond acceptors (Lipinski definition) is 6. The lowest BCUT2D eigenvalue weighted by Gasteiger charge is -2.10. The van der Waals surface area contributed by atoms with Gasteiger partial charge in [0.25, 0.3) is 5.56 Å². The van der Waals surface area contributed by atoms with Crippen LogP contribution in [0.5, 0.6) is 11.5 Å². The molecule has 0 unspecified atom stereocenters. The molecular formula is C20H13ClN4O4. The molecule has 0 bridgehead atoms. The zero-order valence-corrected chi connectivity index (χ0v) is 15.6. The quantitative estimate of drug-likeness (QED) is 0.711. The number of halogens is 1. The Morgan fingerprint density at radius 1 is 1.17 bits per heavy atom. The molecule has 0 fully saturated rings. The number of nitrogens with zero attached hydrogens (tertiary/aromatic N) is 3.